The number of hydrogen-bond acceptors (Lipinski definition) is 4. The molecular weight excluding hydrogens is 268 g/mol. The van der Waals surface area contributed by atoms with E-state index < -0.39 is 5.97 Å². The van der Waals surface area contributed by atoms with Gasteiger partial charge in [-0.15, -0.1) is 0 Å². The second-order valence-corrected chi connectivity index (χ2v) is 4.64. The van der Waals surface area contributed by atoms with E-state index in [1.165, 1.54) is 0 Å². The minimum absolute atomic E-state index is 0.209. The number of rotatable bonds is 5. The van der Waals surface area contributed by atoms with E-state index in [0.29, 0.717) is 17.6 Å². The predicted octanol–water partition coefficient (Wildman–Crippen LogP) is 3.10. The Balaban J connectivity index is 2.01. The molecule has 0 bridgehead atoms. The quantitative estimate of drug-likeness (QED) is 0.481. The van der Waals surface area contributed by atoms with Crippen LogP contribution in [0.25, 0.3) is 0 Å². The highest BCUT2D eigenvalue weighted by atomic mass is 16.6. The summed E-state index contributed by atoms with van der Waals surface area (Å²) in [6.07, 6.45) is 0.648. The molecule has 0 atom stereocenters. The zero-order valence-electron chi connectivity index (χ0n) is 12.0. The van der Waals surface area contributed by atoms with Crippen molar-refractivity contribution in [2.75, 3.05) is 6.61 Å². The van der Waals surface area contributed by atoms with Gasteiger partial charge in [0.05, 0.1) is 5.56 Å². The van der Waals surface area contributed by atoms with E-state index in [1.54, 1.807) is 24.3 Å². The van der Waals surface area contributed by atoms with Gasteiger partial charge in [-0.2, -0.15) is 0 Å². The third-order valence-electron chi connectivity index (χ3n) is 3.01. The summed E-state index contributed by atoms with van der Waals surface area (Å²) < 4.78 is 10.7. The Morgan fingerprint density at radius 2 is 1.71 bits per heavy atom. The van der Waals surface area contributed by atoms with E-state index in [0.717, 1.165) is 11.1 Å². The van der Waals surface area contributed by atoms with E-state index in [-0.39, 0.29) is 12.4 Å². The fourth-order valence-electron chi connectivity index (χ4n) is 1.98. The molecule has 4 heteroatoms. The van der Waals surface area contributed by atoms with Crippen molar-refractivity contribution in [3.05, 3.63) is 59.2 Å². The van der Waals surface area contributed by atoms with Crippen molar-refractivity contribution >= 4 is 12.3 Å². The Hall–Kier alpha value is -2.62. The lowest BCUT2D eigenvalue weighted by atomic mass is 10.1. The average Bonchev–Trinajstić information content (AvgIpc) is 2.47. The molecule has 2 aromatic carbocycles. The van der Waals surface area contributed by atoms with Crippen molar-refractivity contribution in [1.29, 1.82) is 0 Å². The van der Waals surface area contributed by atoms with Crippen LogP contribution in [0.1, 0.15) is 21.5 Å². The molecule has 4 nitrogen and oxygen atoms in total. The number of hydrogen-bond donors (Lipinski definition) is 0. The number of esters is 1. The van der Waals surface area contributed by atoms with Crippen molar-refractivity contribution in [1.82, 2.24) is 0 Å². The number of aldehydes is 1. The number of benzene rings is 2. The highest BCUT2D eigenvalue weighted by Gasteiger charge is 2.11. The molecule has 0 saturated heterocycles. The van der Waals surface area contributed by atoms with Crippen LogP contribution in [0.3, 0.4) is 0 Å². The Morgan fingerprint density at radius 3 is 2.38 bits per heavy atom. The molecule has 0 N–H and O–H groups in total. The monoisotopic (exact) mass is 284 g/mol. The summed E-state index contributed by atoms with van der Waals surface area (Å²) in [7, 11) is 0. The maximum Gasteiger partial charge on any atom is 0.349 e. The highest BCUT2D eigenvalue weighted by molar-refractivity contribution is 5.82. The number of aryl methyl sites for hydroxylation is 2. The molecule has 21 heavy (non-hydrogen) atoms. The van der Waals surface area contributed by atoms with Gasteiger partial charge in [0.1, 0.15) is 11.5 Å². The average molecular weight is 284 g/mol. The van der Waals surface area contributed by atoms with Crippen LogP contribution in [0.2, 0.25) is 0 Å². The third kappa shape index (κ3) is 3.69. The lowest BCUT2D eigenvalue weighted by Crippen LogP contribution is -2.19. The van der Waals surface area contributed by atoms with Gasteiger partial charge in [-0.3, -0.25) is 4.79 Å². The second kappa shape index (κ2) is 6.70. The highest BCUT2D eigenvalue weighted by Crippen LogP contribution is 2.22. The fourth-order valence-corrected chi connectivity index (χ4v) is 1.98. The number of carbonyl (C=O) groups is 2. The van der Waals surface area contributed by atoms with Crippen LogP contribution < -0.4 is 9.47 Å². The van der Waals surface area contributed by atoms with Crippen LogP contribution in [0, 0.1) is 13.8 Å². The Labute approximate surface area is 123 Å². The summed E-state index contributed by atoms with van der Waals surface area (Å²) in [5.74, 6) is 0.368. The van der Waals surface area contributed by atoms with Gasteiger partial charge in [0, 0.05) is 0 Å². The molecular formula is C17H16O4. The predicted molar refractivity (Wildman–Crippen MR) is 78.9 cm³/mol. The zero-order chi connectivity index (χ0) is 15.2. The maximum absolute atomic E-state index is 11.8. The van der Waals surface area contributed by atoms with Crippen molar-refractivity contribution in [2.45, 2.75) is 13.8 Å². The summed E-state index contributed by atoms with van der Waals surface area (Å²) in [6, 6.07) is 12.3. The van der Waals surface area contributed by atoms with Crippen molar-refractivity contribution in [3.8, 4) is 11.5 Å². The molecule has 0 aliphatic carbocycles. The van der Waals surface area contributed by atoms with Gasteiger partial charge in [-0.1, -0.05) is 30.3 Å². The molecule has 0 aliphatic rings. The molecule has 108 valence electrons. The maximum atomic E-state index is 11.8. The van der Waals surface area contributed by atoms with E-state index in [4.69, 9.17) is 9.47 Å². The van der Waals surface area contributed by atoms with Gasteiger partial charge in [0.15, 0.2) is 12.9 Å². The van der Waals surface area contributed by atoms with Crippen LogP contribution in [-0.4, -0.2) is 18.9 Å². The summed E-state index contributed by atoms with van der Waals surface area (Å²) >= 11 is 0. The molecule has 0 spiro atoms. The van der Waals surface area contributed by atoms with E-state index in [2.05, 4.69) is 0 Å². The third-order valence-corrected chi connectivity index (χ3v) is 3.01. The molecule has 0 aliphatic heterocycles. The summed E-state index contributed by atoms with van der Waals surface area (Å²) in [4.78, 5) is 22.7. The van der Waals surface area contributed by atoms with Crippen molar-refractivity contribution in [3.63, 3.8) is 0 Å². The second-order valence-electron chi connectivity index (χ2n) is 4.64. The standard InChI is InChI=1S/C17H16O4/c1-12-6-5-7-13(2)17(12)20-11-16(19)21-15-9-4-3-8-14(15)10-18/h3-10H,11H2,1-2H3. The first-order valence-corrected chi connectivity index (χ1v) is 6.55. The minimum atomic E-state index is -0.549. The molecule has 0 saturated carbocycles. The van der Waals surface area contributed by atoms with Gasteiger partial charge in [0.2, 0.25) is 0 Å². The van der Waals surface area contributed by atoms with Gasteiger partial charge in [0.25, 0.3) is 0 Å². The van der Waals surface area contributed by atoms with E-state index in [9.17, 15) is 9.59 Å². The summed E-state index contributed by atoms with van der Waals surface area (Å²) in [6.45, 7) is 3.61. The Morgan fingerprint density at radius 1 is 1.05 bits per heavy atom. The zero-order valence-corrected chi connectivity index (χ0v) is 12.0. The van der Waals surface area contributed by atoms with Crippen LogP contribution in [0.4, 0.5) is 0 Å². The Kier molecular flexibility index (Phi) is 4.72. The summed E-state index contributed by atoms with van der Waals surface area (Å²) in [5, 5.41) is 0. The van der Waals surface area contributed by atoms with E-state index >= 15 is 0 Å². The first kappa shape index (κ1) is 14.8. The largest absolute Gasteiger partial charge is 0.481 e. The van der Waals surface area contributed by atoms with E-state index in [1.807, 2.05) is 32.0 Å². The SMILES string of the molecule is Cc1cccc(C)c1OCC(=O)Oc1ccccc1C=O. The van der Waals surface area contributed by atoms with Gasteiger partial charge < -0.3 is 9.47 Å². The lowest BCUT2D eigenvalue weighted by molar-refractivity contribution is -0.136. The first-order chi connectivity index (χ1) is 10.1. The van der Waals surface area contributed by atoms with Crippen LogP contribution in [0.15, 0.2) is 42.5 Å². The fraction of sp³-hybridized carbons (Fsp3) is 0.176. The molecule has 2 rings (SSSR count). The number of ether oxygens (including phenoxy) is 2. The van der Waals surface area contributed by atoms with Crippen molar-refractivity contribution in [2.24, 2.45) is 0 Å². The van der Waals surface area contributed by atoms with Crippen molar-refractivity contribution < 1.29 is 19.1 Å². The molecule has 2 aromatic rings. The molecule has 0 unspecified atom stereocenters. The number of para-hydroxylation sites is 2. The molecule has 0 amide bonds. The smallest absolute Gasteiger partial charge is 0.349 e. The molecule has 0 heterocycles. The van der Waals surface area contributed by atoms with Gasteiger partial charge in [-0.05, 0) is 37.1 Å². The summed E-state index contributed by atoms with van der Waals surface area (Å²) in [5.41, 5.74) is 2.24. The molecule has 0 fully saturated rings. The van der Waals surface area contributed by atoms with Gasteiger partial charge in [-0.25, -0.2) is 4.79 Å². The Bertz CT molecular complexity index is 641. The van der Waals surface area contributed by atoms with Crippen LogP contribution in [0.5, 0.6) is 11.5 Å². The first-order valence-electron chi connectivity index (χ1n) is 6.55. The minimum Gasteiger partial charge on any atom is -0.481 e. The van der Waals surface area contributed by atoms with Crippen LogP contribution >= 0.6 is 0 Å². The normalized spacial score (nSPS) is 10.0. The number of carbonyl (C=O) groups excluding carboxylic acids is 2. The molecule has 0 aromatic heterocycles. The topological polar surface area (TPSA) is 52.6 Å². The van der Waals surface area contributed by atoms with Gasteiger partial charge >= 0.3 is 5.97 Å². The van der Waals surface area contributed by atoms with Crippen LogP contribution in [-0.2, 0) is 4.79 Å². The lowest BCUT2D eigenvalue weighted by Gasteiger charge is -2.11. The molecule has 0 radical (unpaired) electrons.